The van der Waals surface area contributed by atoms with Crippen LogP contribution in [-0.4, -0.2) is 113 Å². The molecule has 6 aliphatic rings. The number of hydrogen-bond donors (Lipinski definition) is 6. The second kappa shape index (κ2) is 12.3. The van der Waals surface area contributed by atoms with Crippen molar-refractivity contribution in [1.82, 2.24) is 5.32 Å². The molecule has 6 aliphatic heterocycles. The van der Waals surface area contributed by atoms with Crippen molar-refractivity contribution >= 4 is 11.8 Å². The second-order valence-electron chi connectivity index (χ2n) is 8.54. The van der Waals surface area contributed by atoms with Crippen LogP contribution >= 0.6 is 11.8 Å². The van der Waals surface area contributed by atoms with Crippen LogP contribution in [0.4, 0.5) is 0 Å². The van der Waals surface area contributed by atoms with E-state index in [0.717, 1.165) is 17.9 Å². The smallest absolute Gasteiger partial charge is 0.186 e. The SMILES string of the molecule is C=C(CCSCC1O[C@H]2OC3C(CO)O[C@@H](OCCCCC1C(O)C2O)C(O)C3O)NC. The third-order valence-corrected chi connectivity index (χ3v) is 7.42. The average molecular weight is 480 g/mol. The fourth-order valence-electron chi connectivity index (χ4n) is 4.33. The molecule has 186 valence electrons. The van der Waals surface area contributed by atoms with Crippen molar-refractivity contribution in [3.8, 4) is 0 Å². The van der Waals surface area contributed by atoms with E-state index in [1.165, 1.54) is 0 Å². The molecular weight excluding hydrogens is 442 g/mol. The van der Waals surface area contributed by atoms with Crippen LogP contribution in [0.3, 0.4) is 0 Å². The first-order valence-electron chi connectivity index (χ1n) is 11.2. The summed E-state index contributed by atoms with van der Waals surface area (Å²) in [5.74, 6) is 1.12. The van der Waals surface area contributed by atoms with Crippen molar-refractivity contribution in [1.29, 1.82) is 0 Å². The fourth-order valence-corrected chi connectivity index (χ4v) is 5.45. The molecule has 6 fully saturated rings. The molecule has 11 heteroatoms. The predicted octanol–water partition coefficient (Wildman–Crippen LogP) is -1.07. The lowest BCUT2D eigenvalue weighted by molar-refractivity contribution is -0.354. The molecule has 32 heavy (non-hydrogen) atoms. The zero-order valence-corrected chi connectivity index (χ0v) is 19.2. The summed E-state index contributed by atoms with van der Waals surface area (Å²) in [6, 6.07) is 0. The van der Waals surface area contributed by atoms with Crippen LogP contribution in [0, 0.1) is 5.92 Å². The van der Waals surface area contributed by atoms with Crippen LogP contribution in [0.25, 0.3) is 0 Å². The van der Waals surface area contributed by atoms with E-state index in [9.17, 15) is 25.5 Å². The van der Waals surface area contributed by atoms with Gasteiger partial charge in [0.25, 0.3) is 0 Å². The van der Waals surface area contributed by atoms with Gasteiger partial charge in [-0.2, -0.15) is 11.8 Å². The molecule has 0 amide bonds. The lowest BCUT2D eigenvalue weighted by atomic mass is 9.85. The maximum Gasteiger partial charge on any atom is 0.186 e. The van der Waals surface area contributed by atoms with Gasteiger partial charge in [-0.25, -0.2) is 0 Å². The molecule has 10 atom stereocenters. The van der Waals surface area contributed by atoms with Crippen LogP contribution in [-0.2, 0) is 18.9 Å². The van der Waals surface area contributed by atoms with Gasteiger partial charge in [0.2, 0.25) is 0 Å². The summed E-state index contributed by atoms with van der Waals surface area (Å²) in [5, 5.41) is 55.4. The zero-order chi connectivity index (χ0) is 23.3. The minimum atomic E-state index is -1.43. The van der Waals surface area contributed by atoms with E-state index in [1.807, 2.05) is 7.05 Å². The molecule has 0 aromatic carbocycles. The van der Waals surface area contributed by atoms with Gasteiger partial charge >= 0.3 is 0 Å². The first-order valence-corrected chi connectivity index (χ1v) is 12.4. The van der Waals surface area contributed by atoms with Crippen molar-refractivity contribution in [2.75, 3.05) is 31.8 Å². The molecule has 6 N–H and O–H groups in total. The number of hydrogen-bond acceptors (Lipinski definition) is 11. The maximum absolute atomic E-state index is 10.9. The number of thioether (sulfide) groups is 1. The molecule has 0 aromatic heterocycles. The highest BCUT2D eigenvalue weighted by atomic mass is 32.2. The summed E-state index contributed by atoms with van der Waals surface area (Å²) < 4.78 is 23.1. The normalized spacial score (nSPS) is 43.1. The fraction of sp³-hybridized carbons (Fsp3) is 0.905. The van der Waals surface area contributed by atoms with Crippen molar-refractivity contribution in [3.63, 3.8) is 0 Å². The number of nitrogens with one attached hydrogen (secondary N) is 1. The third-order valence-electron chi connectivity index (χ3n) is 6.36. The Balaban J connectivity index is 1.76. The van der Waals surface area contributed by atoms with Crippen LogP contribution in [0.1, 0.15) is 25.7 Å². The largest absolute Gasteiger partial charge is 0.394 e. The number of aliphatic hydroxyl groups is 5. The molecule has 0 saturated carbocycles. The molecular formula is C21H37NO9S. The molecule has 0 spiro atoms. The monoisotopic (exact) mass is 479 g/mol. The van der Waals surface area contributed by atoms with Crippen molar-refractivity contribution in [2.45, 2.75) is 81.0 Å². The highest BCUT2D eigenvalue weighted by Crippen LogP contribution is 2.35. The molecule has 0 aliphatic carbocycles. The Labute approximate surface area is 192 Å². The van der Waals surface area contributed by atoms with E-state index >= 15 is 0 Å². The maximum atomic E-state index is 10.9. The molecule has 0 radical (unpaired) electrons. The van der Waals surface area contributed by atoms with E-state index in [2.05, 4.69) is 11.9 Å². The summed E-state index contributed by atoms with van der Waals surface area (Å²) in [7, 11) is 1.83. The number of allylic oxidation sites excluding steroid dienone is 1. The summed E-state index contributed by atoms with van der Waals surface area (Å²) in [6.07, 6.45) is -7.37. The van der Waals surface area contributed by atoms with Crippen molar-refractivity contribution in [2.24, 2.45) is 5.92 Å². The van der Waals surface area contributed by atoms with E-state index in [-0.39, 0.29) is 18.6 Å². The van der Waals surface area contributed by atoms with Gasteiger partial charge in [0.1, 0.15) is 30.5 Å². The lowest BCUT2D eigenvalue weighted by Crippen LogP contribution is -2.63. The Hall–Kier alpha value is -0.470. The van der Waals surface area contributed by atoms with Crippen LogP contribution in [0.15, 0.2) is 12.3 Å². The van der Waals surface area contributed by atoms with Crippen molar-refractivity contribution in [3.05, 3.63) is 12.3 Å². The summed E-state index contributed by atoms with van der Waals surface area (Å²) >= 11 is 1.66. The molecule has 10 nitrogen and oxygen atoms in total. The minimum absolute atomic E-state index is 0.276. The summed E-state index contributed by atoms with van der Waals surface area (Å²) in [5.41, 5.74) is 0.933. The Bertz CT molecular complexity index is 598. The molecule has 4 bridgehead atoms. The van der Waals surface area contributed by atoms with Crippen LogP contribution < -0.4 is 5.32 Å². The van der Waals surface area contributed by atoms with Gasteiger partial charge in [0.15, 0.2) is 12.6 Å². The first-order chi connectivity index (χ1) is 15.4. The van der Waals surface area contributed by atoms with Gasteiger partial charge in [-0.15, -0.1) is 0 Å². The average Bonchev–Trinajstić information content (AvgIpc) is 2.79. The van der Waals surface area contributed by atoms with Gasteiger partial charge < -0.3 is 49.8 Å². The third kappa shape index (κ3) is 6.15. The first kappa shape index (κ1) is 26.1. The van der Waals surface area contributed by atoms with Crippen LogP contribution in [0.2, 0.25) is 0 Å². The van der Waals surface area contributed by atoms with Gasteiger partial charge in [-0.1, -0.05) is 13.0 Å². The number of aliphatic hydroxyl groups excluding tert-OH is 5. The standard InChI is InChI=1S/C21H37NO9S/c1-11(22-2)6-8-32-10-14-12-5-3-4-7-28-20-18(27)16(25)19(13(9-23)29-20)31-21(30-14)17(26)15(12)24/h12-27H,1,3-10H2,2H3/t12?,13?,14?,15?,16?,17?,18?,19?,20-,21+/m1/s1. The highest BCUT2D eigenvalue weighted by molar-refractivity contribution is 7.99. The quantitative estimate of drug-likeness (QED) is 0.248. The van der Waals surface area contributed by atoms with Gasteiger partial charge in [-0.3, -0.25) is 0 Å². The molecule has 6 heterocycles. The molecule has 8 unspecified atom stereocenters. The summed E-state index contributed by atoms with van der Waals surface area (Å²) in [6.45, 7) is 3.70. The van der Waals surface area contributed by atoms with Gasteiger partial charge in [0.05, 0.1) is 18.8 Å². The minimum Gasteiger partial charge on any atom is -0.394 e. The number of ether oxygens (including phenoxy) is 4. The zero-order valence-electron chi connectivity index (χ0n) is 18.4. The van der Waals surface area contributed by atoms with E-state index in [0.29, 0.717) is 25.0 Å². The molecule has 6 saturated heterocycles. The van der Waals surface area contributed by atoms with Crippen LogP contribution in [0.5, 0.6) is 0 Å². The van der Waals surface area contributed by atoms with Gasteiger partial charge in [0, 0.05) is 31.0 Å². The van der Waals surface area contributed by atoms with E-state index in [1.54, 1.807) is 11.8 Å². The van der Waals surface area contributed by atoms with Crippen molar-refractivity contribution < 1.29 is 44.5 Å². The lowest BCUT2D eigenvalue weighted by Gasteiger charge is -2.47. The molecule has 0 aromatic rings. The summed E-state index contributed by atoms with van der Waals surface area (Å²) in [4.78, 5) is 0. The number of rotatable bonds is 7. The van der Waals surface area contributed by atoms with E-state index < -0.39 is 55.8 Å². The predicted molar refractivity (Wildman–Crippen MR) is 117 cm³/mol. The Morgan fingerprint density at radius 2 is 1.69 bits per heavy atom. The van der Waals surface area contributed by atoms with E-state index in [4.69, 9.17) is 18.9 Å². The Morgan fingerprint density at radius 3 is 2.41 bits per heavy atom. The molecule has 6 rings (SSSR count). The highest BCUT2D eigenvalue weighted by Gasteiger charge is 2.51. The second-order valence-corrected chi connectivity index (χ2v) is 9.69. The topological polar surface area (TPSA) is 150 Å². The Kier molecular flexibility index (Phi) is 10.0. The van der Waals surface area contributed by atoms with Gasteiger partial charge in [-0.05, 0) is 25.0 Å². The Morgan fingerprint density at radius 1 is 0.969 bits per heavy atom.